The van der Waals surface area contributed by atoms with Crippen molar-refractivity contribution in [3.8, 4) is 5.88 Å². The summed E-state index contributed by atoms with van der Waals surface area (Å²) in [6, 6.07) is 9.46. The fourth-order valence-corrected chi connectivity index (χ4v) is 1.64. The molecule has 1 aromatic carbocycles. The van der Waals surface area contributed by atoms with Gasteiger partial charge in [-0.25, -0.2) is 4.98 Å². The largest absolute Gasteiger partial charge is 0.481 e. The van der Waals surface area contributed by atoms with Gasteiger partial charge in [0.2, 0.25) is 11.8 Å². The molecular weight excluding hydrogens is 228 g/mol. The average Bonchev–Trinajstić information content (AvgIpc) is 2.39. The Morgan fingerprint density at radius 1 is 1.28 bits per heavy atom. The molecule has 1 heterocycles. The number of nitrogens with one attached hydrogen (secondary N) is 1. The molecule has 0 fully saturated rings. The minimum absolute atomic E-state index is 0.0562. The van der Waals surface area contributed by atoms with Crippen molar-refractivity contribution < 1.29 is 4.74 Å². The van der Waals surface area contributed by atoms with Gasteiger partial charge in [-0.3, -0.25) is 0 Å². The molecule has 1 atom stereocenters. The van der Waals surface area contributed by atoms with Crippen molar-refractivity contribution in [2.75, 3.05) is 12.4 Å². The number of aromatic nitrogens is 2. The molecule has 2 rings (SSSR count). The Kier molecular flexibility index (Phi) is 3.74. The third-order valence-electron chi connectivity index (χ3n) is 2.54. The fourth-order valence-electron chi connectivity index (χ4n) is 1.64. The number of anilines is 2. The zero-order valence-electron chi connectivity index (χ0n) is 10.4. The van der Waals surface area contributed by atoms with Crippen LogP contribution in [-0.4, -0.2) is 17.1 Å². The summed E-state index contributed by atoms with van der Waals surface area (Å²) in [5, 5.41) is 3.15. The summed E-state index contributed by atoms with van der Waals surface area (Å²) in [5.74, 6) is 1.01. The van der Waals surface area contributed by atoms with Crippen molar-refractivity contribution >= 4 is 11.6 Å². The van der Waals surface area contributed by atoms with Gasteiger partial charge in [0.1, 0.15) is 0 Å². The monoisotopic (exact) mass is 244 g/mol. The standard InChI is InChI=1S/C13H16N4O/c1-9(14)10-5-3-4-6-11(10)16-13-15-8-7-12(17-13)18-2/h3-9H,14H2,1-2H3,(H,15,16,17). The summed E-state index contributed by atoms with van der Waals surface area (Å²) < 4.78 is 5.05. The lowest BCUT2D eigenvalue weighted by Gasteiger charge is -2.13. The molecule has 0 aliphatic rings. The van der Waals surface area contributed by atoms with E-state index >= 15 is 0 Å². The van der Waals surface area contributed by atoms with E-state index < -0.39 is 0 Å². The average molecular weight is 244 g/mol. The molecule has 5 nitrogen and oxygen atoms in total. The second-order valence-corrected chi connectivity index (χ2v) is 3.92. The molecular formula is C13H16N4O. The molecule has 0 aliphatic carbocycles. The van der Waals surface area contributed by atoms with Crippen LogP contribution in [0.4, 0.5) is 11.6 Å². The predicted octanol–water partition coefficient (Wildman–Crippen LogP) is 2.25. The number of hydrogen-bond donors (Lipinski definition) is 2. The Morgan fingerprint density at radius 2 is 2.06 bits per heavy atom. The van der Waals surface area contributed by atoms with E-state index in [-0.39, 0.29) is 6.04 Å². The van der Waals surface area contributed by atoms with Gasteiger partial charge in [-0.2, -0.15) is 4.98 Å². The zero-order chi connectivity index (χ0) is 13.0. The molecule has 0 saturated carbocycles. The smallest absolute Gasteiger partial charge is 0.230 e. The van der Waals surface area contributed by atoms with Gasteiger partial charge >= 0.3 is 0 Å². The molecule has 0 saturated heterocycles. The molecule has 18 heavy (non-hydrogen) atoms. The van der Waals surface area contributed by atoms with Crippen molar-refractivity contribution in [1.82, 2.24) is 9.97 Å². The Labute approximate surface area is 106 Å². The normalized spacial score (nSPS) is 11.9. The third-order valence-corrected chi connectivity index (χ3v) is 2.54. The summed E-state index contributed by atoms with van der Waals surface area (Å²) >= 11 is 0. The van der Waals surface area contributed by atoms with Crippen molar-refractivity contribution in [3.63, 3.8) is 0 Å². The van der Waals surface area contributed by atoms with E-state index in [0.717, 1.165) is 11.3 Å². The number of hydrogen-bond acceptors (Lipinski definition) is 5. The Morgan fingerprint density at radius 3 is 2.78 bits per heavy atom. The first-order chi connectivity index (χ1) is 8.70. The first kappa shape index (κ1) is 12.3. The predicted molar refractivity (Wildman–Crippen MR) is 70.9 cm³/mol. The molecule has 0 spiro atoms. The number of benzene rings is 1. The van der Waals surface area contributed by atoms with Crippen LogP contribution in [0.15, 0.2) is 36.5 Å². The summed E-state index contributed by atoms with van der Waals surface area (Å²) in [6.07, 6.45) is 1.64. The van der Waals surface area contributed by atoms with Gasteiger partial charge in [-0.15, -0.1) is 0 Å². The molecule has 0 bridgehead atoms. The molecule has 0 radical (unpaired) electrons. The summed E-state index contributed by atoms with van der Waals surface area (Å²) in [7, 11) is 1.57. The van der Waals surface area contributed by atoms with Crippen LogP contribution in [0.1, 0.15) is 18.5 Å². The quantitative estimate of drug-likeness (QED) is 0.863. The fraction of sp³-hybridized carbons (Fsp3) is 0.231. The van der Waals surface area contributed by atoms with Gasteiger partial charge in [0.25, 0.3) is 0 Å². The molecule has 0 amide bonds. The molecule has 94 valence electrons. The van der Waals surface area contributed by atoms with E-state index in [1.807, 2.05) is 31.2 Å². The highest BCUT2D eigenvalue weighted by molar-refractivity contribution is 5.59. The number of methoxy groups -OCH3 is 1. The van der Waals surface area contributed by atoms with Crippen molar-refractivity contribution in [2.45, 2.75) is 13.0 Å². The molecule has 3 N–H and O–H groups in total. The lowest BCUT2D eigenvalue weighted by atomic mass is 10.1. The number of para-hydroxylation sites is 1. The molecule has 0 aliphatic heterocycles. The first-order valence-electron chi connectivity index (χ1n) is 5.69. The van der Waals surface area contributed by atoms with Gasteiger partial charge in [0, 0.05) is 24.0 Å². The Balaban J connectivity index is 2.28. The second kappa shape index (κ2) is 5.46. The van der Waals surface area contributed by atoms with Crippen molar-refractivity contribution in [2.24, 2.45) is 5.73 Å². The van der Waals surface area contributed by atoms with E-state index in [1.54, 1.807) is 19.4 Å². The SMILES string of the molecule is COc1ccnc(Nc2ccccc2C(C)N)n1. The van der Waals surface area contributed by atoms with Gasteiger partial charge < -0.3 is 15.8 Å². The van der Waals surface area contributed by atoms with Gasteiger partial charge in [0.15, 0.2) is 0 Å². The minimum atomic E-state index is -0.0562. The van der Waals surface area contributed by atoms with Crippen molar-refractivity contribution in [3.05, 3.63) is 42.1 Å². The van der Waals surface area contributed by atoms with E-state index in [4.69, 9.17) is 10.5 Å². The number of nitrogens with zero attached hydrogens (tertiary/aromatic N) is 2. The highest BCUT2D eigenvalue weighted by atomic mass is 16.5. The maximum atomic E-state index is 5.92. The van der Waals surface area contributed by atoms with Crippen LogP contribution < -0.4 is 15.8 Å². The van der Waals surface area contributed by atoms with Crippen LogP contribution in [0.25, 0.3) is 0 Å². The summed E-state index contributed by atoms with van der Waals surface area (Å²) in [4.78, 5) is 8.34. The zero-order valence-corrected chi connectivity index (χ0v) is 10.4. The highest BCUT2D eigenvalue weighted by Gasteiger charge is 2.07. The summed E-state index contributed by atoms with van der Waals surface area (Å²) in [5.41, 5.74) is 7.84. The van der Waals surface area contributed by atoms with Crippen LogP contribution in [0.2, 0.25) is 0 Å². The van der Waals surface area contributed by atoms with Crippen molar-refractivity contribution in [1.29, 1.82) is 0 Å². The van der Waals surface area contributed by atoms with Gasteiger partial charge in [0.05, 0.1) is 7.11 Å². The van der Waals surface area contributed by atoms with E-state index in [0.29, 0.717) is 11.8 Å². The van der Waals surface area contributed by atoms with Crippen LogP contribution in [0, 0.1) is 0 Å². The molecule has 5 heteroatoms. The molecule has 2 aromatic rings. The lowest BCUT2D eigenvalue weighted by molar-refractivity contribution is 0.397. The molecule has 1 unspecified atom stereocenters. The topological polar surface area (TPSA) is 73.1 Å². The van der Waals surface area contributed by atoms with E-state index in [1.165, 1.54) is 0 Å². The highest BCUT2D eigenvalue weighted by Crippen LogP contribution is 2.23. The third kappa shape index (κ3) is 2.75. The lowest BCUT2D eigenvalue weighted by Crippen LogP contribution is -2.08. The number of rotatable bonds is 4. The Hall–Kier alpha value is -2.14. The minimum Gasteiger partial charge on any atom is -0.481 e. The molecule has 1 aromatic heterocycles. The number of ether oxygens (including phenoxy) is 1. The first-order valence-corrected chi connectivity index (χ1v) is 5.69. The van der Waals surface area contributed by atoms with Crippen LogP contribution in [-0.2, 0) is 0 Å². The van der Waals surface area contributed by atoms with Crippen LogP contribution in [0.3, 0.4) is 0 Å². The van der Waals surface area contributed by atoms with Gasteiger partial charge in [-0.05, 0) is 18.6 Å². The van der Waals surface area contributed by atoms with Gasteiger partial charge in [-0.1, -0.05) is 18.2 Å². The van der Waals surface area contributed by atoms with E-state index in [2.05, 4.69) is 15.3 Å². The number of nitrogens with two attached hydrogens (primary N) is 1. The van der Waals surface area contributed by atoms with E-state index in [9.17, 15) is 0 Å². The van der Waals surface area contributed by atoms with Crippen LogP contribution >= 0.6 is 0 Å². The maximum absolute atomic E-state index is 5.92. The second-order valence-electron chi connectivity index (χ2n) is 3.92. The van der Waals surface area contributed by atoms with Crippen LogP contribution in [0.5, 0.6) is 5.88 Å². The summed E-state index contributed by atoms with van der Waals surface area (Å²) in [6.45, 7) is 1.94. The maximum Gasteiger partial charge on any atom is 0.230 e. The Bertz CT molecular complexity index is 528.